The van der Waals surface area contributed by atoms with Gasteiger partial charge in [-0.3, -0.25) is 9.20 Å². The number of nitrogens with zero attached hydrogens (tertiary/aromatic N) is 2. The molecule has 5 nitrogen and oxygen atoms in total. The lowest BCUT2D eigenvalue weighted by molar-refractivity contribution is -0.0948. The van der Waals surface area contributed by atoms with Crippen molar-refractivity contribution < 1.29 is 18.7 Å². The van der Waals surface area contributed by atoms with E-state index in [2.05, 4.69) is 10.3 Å². The second-order valence-corrected chi connectivity index (χ2v) is 6.92. The molecule has 128 valence electrons. The zero-order valence-corrected chi connectivity index (χ0v) is 13.1. The van der Waals surface area contributed by atoms with Gasteiger partial charge in [-0.1, -0.05) is 6.07 Å². The maximum Gasteiger partial charge on any atom is 0.282 e. The van der Waals surface area contributed by atoms with Crippen LogP contribution >= 0.6 is 0 Å². The molecule has 0 bridgehead atoms. The topological polar surface area (TPSA) is 66.6 Å². The molecule has 2 fully saturated rings. The zero-order chi connectivity index (χ0) is 16.9. The summed E-state index contributed by atoms with van der Waals surface area (Å²) in [6.07, 6.45) is 2.94. The van der Waals surface area contributed by atoms with E-state index in [0.29, 0.717) is 12.2 Å². The van der Waals surface area contributed by atoms with Crippen molar-refractivity contribution in [2.45, 2.75) is 44.1 Å². The highest BCUT2D eigenvalue weighted by Crippen LogP contribution is 2.60. The molecule has 2 N–H and O–H groups in total. The summed E-state index contributed by atoms with van der Waals surface area (Å²) < 4.78 is 27.9. The van der Waals surface area contributed by atoms with Crippen LogP contribution in [0.25, 0.3) is 5.65 Å². The number of hydrogen-bond acceptors (Lipinski definition) is 3. The summed E-state index contributed by atoms with van der Waals surface area (Å²) in [4.78, 5) is 16.4. The number of nitrogens with one attached hydrogen (secondary N) is 1. The number of rotatable bonds is 5. The zero-order valence-electron chi connectivity index (χ0n) is 13.1. The van der Waals surface area contributed by atoms with Crippen molar-refractivity contribution in [3.63, 3.8) is 0 Å². The SMILES string of the molecule is O=C(NCC1(C2(O)CCC2)CC1)c1c(C(F)F)nc2ccccn12. The molecular weight excluding hydrogens is 316 g/mol. The molecular formula is C17H19F2N3O2. The van der Waals surface area contributed by atoms with Crippen LogP contribution in [-0.2, 0) is 0 Å². The predicted octanol–water partition coefficient (Wildman–Crippen LogP) is 2.70. The van der Waals surface area contributed by atoms with Crippen LogP contribution in [0.2, 0.25) is 0 Å². The molecule has 0 atom stereocenters. The van der Waals surface area contributed by atoms with Crippen LogP contribution in [0.5, 0.6) is 0 Å². The van der Waals surface area contributed by atoms with Gasteiger partial charge in [0.15, 0.2) is 0 Å². The first-order valence-corrected chi connectivity index (χ1v) is 8.22. The minimum absolute atomic E-state index is 0.128. The Bertz CT molecular complexity index is 794. The first kappa shape index (κ1) is 15.5. The molecule has 0 saturated heterocycles. The first-order chi connectivity index (χ1) is 11.5. The fourth-order valence-corrected chi connectivity index (χ4v) is 3.72. The van der Waals surface area contributed by atoms with E-state index in [1.165, 1.54) is 4.40 Å². The number of aliphatic hydroxyl groups is 1. The Morgan fingerprint density at radius 1 is 1.33 bits per heavy atom. The van der Waals surface area contributed by atoms with Crippen molar-refractivity contribution in [3.8, 4) is 0 Å². The maximum absolute atomic E-state index is 13.3. The predicted molar refractivity (Wildman–Crippen MR) is 83.0 cm³/mol. The monoisotopic (exact) mass is 335 g/mol. The van der Waals surface area contributed by atoms with Gasteiger partial charge < -0.3 is 10.4 Å². The molecule has 2 aliphatic carbocycles. The molecule has 0 aliphatic heterocycles. The van der Waals surface area contributed by atoms with Crippen LogP contribution in [0.3, 0.4) is 0 Å². The van der Waals surface area contributed by atoms with Gasteiger partial charge >= 0.3 is 0 Å². The van der Waals surface area contributed by atoms with Crippen LogP contribution in [0, 0.1) is 5.41 Å². The van der Waals surface area contributed by atoms with Crippen molar-refractivity contribution in [1.29, 1.82) is 0 Å². The number of pyridine rings is 1. The fourth-order valence-electron chi connectivity index (χ4n) is 3.72. The lowest BCUT2D eigenvalue weighted by atomic mass is 9.69. The molecule has 7 heteroatoms. The van der Waals surface area contributed by atoms with E-state index in [-0.39, 0.29) is 11.1 Å². The highest BCUT2D eigenvalue weighted by Gasteiger charge is 2.60. The van der Waals surface area contributed by atoms with Crippen molar-refractivity contribution in [1.82, 2.24) is 14.7 Å². The van der Waals surface area contributed by atoms with E-state index < -0.39 is 23.6 Å². The van der Waals surface area contributed by atoms with Gasteiger partial charge in [0.05, 0.1) is 5.60 Å². The van der Waals surface area contributed by atoms with Crippen LogP contribution in [0.4, 0.5) is 8.78 Å². The van der Waals surface area contributed by atoms with Crippen LogP contribution < -0.4 is 5.32 Å². The minimum Gasteiger partial charge on any atom is -0.389 e. The molecule has 2 saturated carbocycles. The molecule has 2 aromatic heterocycles. The Morgan fingerprint density at radius 2 is 2.08 bits per heavy atom. The van der Waals surface area contributed by atoms with E-state index in [4.69, 9.17) is 0 Å². The van der Waals surface area contributed by atoms with Gasteiger partial charge in [-0.05, 0) is 44.2 Å². The van der Waals surface area contributed by atoms with E-state index in [1.807, 2.05) is 0 Å². The second kappa shape index (κ2) is 5.24. The normalized spacial score (nSPS) is 20.8. The third kappa shape index (κ3) is 2.22. The fraction of sp³-hybridized carbons (Fsp3) is 0.529. The maximum atomic E-state index is 13.3. The molecule has 0 radical (unpaired) electrons. The quantitative estimate of drug-likeness (QED) is 0.883. The molecule has 2 aromatic rings. The number of amides is 1. The Labute approximate surface area is 137 Å². The van der Waals surface area contributed by atoms with Crippen molar-refractivity contribution >= 4 is 11.6 Å². The van der Waals surface area contributed by atoms with Gasteiger partial charge in [-0.25, -0.2) is 13.8 Å². The van der Waals surface area contributed by atoms with E-state index >= 15 is 0 Å². The van der Waals surface area contributed by atoms with Gasteiger partial charge in [0.1, 0.15) is 17.0 Å². The first-order valence-electron chi connectivity index (χ1n) is 8.22. The average molecular weight is 335 g/mol. The lowest BCUT2D eigenvalue weighted by Crippen LogP contribution is -2.51. The van der Waals surface area contributed by atoms with Gasteiger partial charge in [0.2, 0.25) is 0 Å². The molecule has 2 heterocycles. The van der Waals surface area contributed by atoms with Crippen LogP contribution in [-0.4, -0.2) is 32.5 Å². The summed E-state index contributed by atoms with van der Waals surface area (Å²) in [5.74, 6) is -0.571. The molecule has 4 rings (SSSR count). The molecule has 0 spiro atoms. The number of carbonyl (C=O) groups is 1. The largest absolute Gasteiger partial charge is 0.389 e. The molecule has 24 heavy (non-hydrogen) atoms. The lowest BCUT2D eigenvalue weighted by Gasteiger charge is -2.44. The number of alkyl halides is 2. The van der Waals surface area contributed by atoms with E-state index in [0.717, 1.165) is 32.1 Å². The summed E-state index contributed by atoms with van der Waals surface area (Å²) in [6.45, 7) is 0.311. The van der Waals surface area contributed by atoms with Gasteiger partial charge in [-0.15, -0.1) is 0 Å². The van der Waals surface area contributed by atoms with Gasteiger partial charge in [0, 0.05) is 18.2 Å². The number of aromatic nitrogens is 2. The number of halogens is 2. The second-order valence-electron chi connectivity index (χ2n) is 6.92. The summed E-state index contributed by atoms with van der Waals surface area (Å²) in [5.41, 5.74) is -1.31. The Morgan fingerprint density at radius 3 is 2.67 bits per heavy atom. The summed E-state index contributed by atoms with van der Waals surface area (Å²) in [6, 6.07) is 4.94. The Balaban J connectivity index is 1.59. The average Bonchev–Trinajstić information content (AvgIpc) is 3.23. The molecule has 0 aromatic carbocycles. The number of carbonyl (C=O) groups excluding carboxylic acids is 1. The van der Waals surface area contributed by atoms with Crippen LogP contribution in [0.1, 0.15) is 54.7 Å². The Kier molecular flexibility index (Phi) is 3.38. The number of fused-ring (bicyclic) bond motifs is 1. The van der Waals surface area contributed by atoms with Crippen LogP contribution in [0.15, 0.2) is 24.4 Å². The summed E-state index contributed by atoms with van der Waals surface area (Å²) in [7, 11) is 0. The summed E-state index contributed by atoms with van der Waals surface area (Å²) in [5, 5.41) is 13.3. The number of hydrogen-bond donors (Lipinski definition) is 2. The Hall–Kier alpha value is -2.02. The van der Waals surface area contributed by atoms with Gasteiger partial charge in [0.25, 0.3) is 12.3 Å². The van der Waals surface area contributed by atoms with Crippen molar-refractivity contribution in [2.24, 2.45) is 5.41 Å². The minimum atomic E-state index is -2.82. The van der Waals surface area contributed by atoms with Gasteiger partial charge in [-0.2, -0.15) is 0 Å². The van der Waals surface area contributed by atoms with Crippen molar-refractivity contribution in [2.75, 3.05) is 6.54 Å². The summed E-state index contributed by atoms with van der Waals surface area (Å²) >= 11 is 0. The third-order valence-corrected chi connectivity index (χ3v) is 5.59. The molecule has 0 unspecified atom stereocenters. The standard InChI is InChI=1S/C17H19F2N3O2/c18-14(19)12-13(22-9-2-1-4-11(22)21-12)15(23)20-10-16(7-8-16)17(24)5-3-6-17/h1-2,4,9,14,24H,3,5-8,10H2,(H,20,23). The molecule has 1 amide bonds. The van der Waals surface area contributed by atoms with E-state index in [9.17, 15) is 18.7 Å². The highest BCUT2D eigenvalue weighted by atomic mass is 19.3. The van der Waals surface area contributed by atoms with Crippen molar-refractivity contribution in [3.05, 3.63) is 35.8 Å². The third-order valence-electron chi connectivity index (χ3n) is 5.59. The van der Waals surface area contributed by atoms with E-state index in [1.54, 1.807) is 24.4 Å². The molecule has 2 aliphatic rings. The highest BCUT2D eigenvalue weighted by molar-refractivity contribution is 5.94. The smallest absolute Gasteiger partial charge is 0.282 e. The number of imidazole rings is 1.